The lowest BCUT2D eigenvalue weighted by Crippen LogP contribution is -2.33. The van der Waals surface area contributed by atoms with Gasteiger partial charge >= 0.3 is 0 Å². The monoisotopic (exact) mass is 431 g/mol. The second-order valence-corrected chi connectivity index (χ2v) is 8.27. The highest BCUT2D eigenvalue weighted by Gasteiger charge is 2.24. The highest BCUT2D eigenvalue weighted by atomic mass is 32.2. The zero-order chi connectivity index (χ0) is 22.0. The van der Waals surface area contributed by atoms with E-state index in [9.17, 15) is 14.1 Å². The van der Waals surface area contributed by atoms with Crippen LogP contribution in [0, 0.1) is 6.92 Å². The Bertz CT molecular complexity index is 1060. The third-order valence-corrected chi connectivity index (χ3v) is 5.27. The first-order valence-electron chi connectivity index (χ1n) is 9.39. The molecule has 0 radical (unpaired) electrons. The first kappa shape index (κ1) is 21.6. The first-order valence-corrected chi connectivity index (χ1v) is 10.5. The SMILES string of the molecule is Cc1ccc(NC2=NS(=O)N=C2NCc2cc(C(C)C)co2)c(O)c1C(=O)N(C)C. The fraction of sp³-hybridized carbons (Fsp3) is 0.350. The molecule has 0 aliphatic carbocycles. The van der Waals surface area contributed by atoms with Gasteiger partial charge in [0, 0.05) is 14.1 Å². The number of anilines is 1. The van der Waals surface area contributed by atoms with Gasteiger partial charge < -0.3 is 25.1 Å². The predicted molar refractivity (Wildman–Crippen MR) is 117 cm³/mol. The Morgan fingerprint density at radius 3 is 2.60 bits per heavy atom. The number of phenols is 1. The molecule has 1 atom stereocenters. The quantitative estimate of drug-likeness (QED) is 0.626. The third-order valence-electron chi connectivity index (χ3n) is 4.59. The fourth-order valence-corrected chi connectivity index (χ4v) is 3.48. The minimum absolute atomic E-state index is 0.188. The summed E-state index contributed by atoms with van der Waals surface area (Å²) < 4.78 is 25.3. The minimum Gasteiger partial charge on any atom is -0.505 e. The second kappa shape index (κ2) is 8.70. The Balaban J connectivity index is 1.78. The molecule has 3 N–H and O–H groups in total. The number of nitrogens with one attached hydrogen (secondary N) is 2. The molecule has 3 rings (SSSR count). The normalized spacial score (nSPS) is 15.7. The van der Waals surface area contributed by atoms with E-state index >= 15 is 0 Å². The van der Waals surface area contributed by atoms with E-state index in [-0.39, 0.29) is 34.6 Å². The van der Waals surface area contributed by atoms with Crippen LogP contribution < -0.4 is 10.6 Å². The van der Waals surface area contributed by atoms with Gasteiger partial charge in [0.15, 0.2) is 17.4 Å². The van der Waals surface area contributed by atoms with Crippen molar-refractivity contribution in [3.05, 3.63) is 46.9 Å². The van der Waals surface area contributed by atoms with Gasteiger partial charge in [-0.15, -0.1) is 8.80 Å². The molecule has 0 spiro atoms. The van der Waals surface area contributed by atoms with E-state index in [1.165, 1.54) is 4.90 Å². The molecule has 160 valence electrons. The number of nitrogens with zero attached hydrogens (tertiary/aromatic N) is 3. The van der Waals surface area contributed by atoms with Crippen LogP contribution in [0.4, 0.5) is 5.69 Å². The standard InChI is InChI=1S/C20H25N5O4S/c1-11(2)13-8-14(29-10-13)9-21-18-19(24-30(28)23-18)22-15-7-6-12(3)16(17(15)26)20(27)25(4)5/h6-8,10-11,26H,9H2,1-5H3,(H,21,23)(H,22,24). The van der Waals surface area contributed by atoms with Crippen molar-refractivity contribution in [3.8, 4) is 5.75 Å². The van der Waals surface area contributed by atoms with Crippen LogP contribution in [-0.2, 0) is 17.7 Å². The van der Waals surface area contributed by atoms with Crippen LogP contribution in [0.5, 0.6) is 5.75 Å². The summed E-state index contributed by atoms with van der Waals surface area (Å²) in [6.07, 6.45) is 1.71. The number of amidine groups is 2. The van der Waals surface area contributed by atoms with Gasteiger partial charge in [0.1, 0.15) is 5.76 Å². The van der Waals surface area contributed by atoms with Crippen molar-refractivity contribution in [1.82, 2.24) is 10.2 Å². The summed E-state index contributed by atoms with van der Waals surface area (Å²) in [7, 11) is 3.22. The van der Waals surface area contributed by atoms with Crippen LogP contribution in [0.3, 0.4) is 0 Å². The lowest BCUT2D eigenvalue weighted by Gasteiger charge is -2.17. The number of furan rings is 1. The summed E-state index contributed by atoms with van der Waals surface area (Å²) >= 11 is -1.79. The van der Waals surface area contributed by atoms with Gasteiger partial charge in [0.2, 0.25) is 0 Å². The van der Waals surface area contributed by atoms with Crippen molar-refractivity contribution in [2.75, 3.05) is 19.4 Å². The fourth-order valence-electron chi connectivity index (χ4n) is 2.84. The van der Waals surface area contributed by atoms with E-state index in [0.29, 0.717) is 23.8 Å². The van der Waals surface area contributed by atoms with Crippen molar-refractivity contribution in [2.45, 2.75) is 33.2 Å². The number of hydrogen-bond acceptors (Lipinski definition) is 6. The molecule has 2 aromatic rings. The van der Waals surface area contributed by atoms with Crippen molar-refractivity contribution in [3.63, 3.8) is 0 Å². The molecule has 1 aromatic heterocycles. The number of rotatable bonds is 5. The lowest BCUT2D eigenvalue weighted by molar-refractivity contribution is 0.0824. The van der Waals surface area contributed by atoms with Crippen LogP contribution >= 0.6 is 0 Å². The zero-order valence-electron chi connectivity index (χ0n) is 17.5. The Labute approximate surface area is 177 Å². The topological polar surface area (TPSA) is 120 Å². The van der Waals surface area contributed by atoms with Gasteiger partial charge in [0.25, 0.3) is 17.1 Å². The number of benzene rings is 1. The van der Waals surface area contributed by atoms with Gasteiger partial charge in [0.05, 0.1) is 24.1 Å². The maximum absolute atomic E-state index is 12.4. The lowest BCUT2D eigenvalue weighted by atomic mass is 10.0. The molecular weight excluding hydrogens is 406 g/mol. The van der Waals surface area contributed by atoms with E-state index in [4.69, 9.17) is 4.42 Å². The van der Waals surface area contributed by atoms with E-state index in [2.05, 4.69) is 33.3 Å². The molecule has 1 amide bonds. The van der Waals surface area contributed by atoms with Crippen LogP contribution in [-0.4, -0.2) is 45.9 Å². The van der Waals surface area contributed by atoms with Gasteiger partial charge in [-0.25, -0.2) is 4.21 Å². The Kier molecular flexibility index (Phi) is 6.25. The average Bonchev–Trinajstić information content (AvgIpc) is 3.28. The molecule has 1 aliphatic heterocycles. The first-order chi connectivity index (χ1) is 14.2. The highest BCUT2D eigenvalue weighted by Crippen LogP contribution is 2.31. The van der Waals surface area contributed by atoms with Crippen LogP contribution in [0.25, 0.3) is 0 Å². The maximum Gasteiger partial charge on any atom is 0.269 e. The highest BCUT2D eigenvalue weighted by molar-refractivity contribution is 7.83. The van der Waals surface area contributed by atoms with Crippen LogP contribution in [0.2, 0.25) is 0 Å². The molecule has 10 heteroatoms. The maximum atomic E-state index is 12.4. The molecular formula is C20H25N5O4S. The molecule has 1 aromatic carbocycles. The van der Waals surface area contributed by atoms with E-state index in [1.54, 1.807) is 39.4 Å². The molecule has 0 saturated heterocycles. The van der Waals surface area contributed by atoms with Crippen molar-refractivity contribution >= 4 is 34.4 Å². The van der Waals surface area contributed by atoms with Crippen molar-refractivity contribution < 1.29 is 18.5 Å². The second-order valence-electron chi connectivity index (χ2n) is 7.44. The molecule has 1 aliphatic rings. The summed E-state index contributed by atoms with van der Waals surface area (Å²) in [6, 6.07) is 5.28. The number of aromatic hydroxyl groups is 1. The Morgan fingerprint density at radius 2 is 1.97 bits per heavy atom. The van der Waals surface area contributed by atoms with Crippen LogP contribution in [0.1, 0.15) is 47.0 Å². The number of carbonyl (C=O) groups excluding carboxylic acids is 1. The van der Waals surface area contributed by atoms with Crippen molar-refractivity contribution in [2.24, 2.45) is 8.80 Å². The number of amides is 1. The number of phenolic OH excluding ortho intramolecular Hbond substituents is 1. The van der Waals surface area contributed by atoms with Crippen LogP contribution in [0.15, 0.2) is 37.7 Å². The molecule has 9 nitrogen and oxygen atoms in total. The number of hydrogen-bond donors (Lipinski definition) is 3. The van der Waals surface area contributed by atoms with Gasteiger partial charge in [-0.1, -0.05) is 19.9 Å². The Morgan fingerprint density at radius 1 is 1.27 bits per heavy atom. The smallest absolute Gasteiger partial charge is 0.269 e. The van der Waals surface area contributed by atoms with E-state index in [0.717, 1.165) is 5.56 Å². The largest absolute Gasteiger partial charge is 0.505 e. The summed E-state index contributed by atoms with van der Waals surface area (Å²) in [4.78, 5) is 13.8. The Hall–Kier alpha value is -3.14. The zero-order valence-corrected chi connectivity index (χ0v) is 18.3. The molecule has 0 fully saturated rings. The molecule has 0 bridgehead atoms. The average molecular weight is 432 g/mol. The molecule has 2 heterocycles. The van der Waals surface area contributed by atoms with Gasteiger partial charge in [-0.05, 0) is 36.1 Å². The third kappa shape index (κ3) is 4.54. The summed E-state index contributed by atoms with van der Waals surface area (Å²) in [5.74, 6) is 0.997. The van der Waals surface area contributed by atoms with Gasteiger partial charge in [-0.2, -0.15) is 0 Å². The number of aryl methyl sites for hydroxylation is 1. The van der Waals surface area contributed by atoms with E-state index < -0.39 is 11.2 Å². The molecule has 30 heavy (non-hydrogen) atoms. The summed E-state index contributed by atoms with van der Waals surface area (Å²) in [6.45, 7) is 6.22. The predicted octanol–water partition coefficient (Wildman–Crippen LogP) is 2.71. The summed E-state index contributed by atoms with van der Waals surface area (Å²) in [5, 5.41) is 16.6. The molecule has 0 saturated carbocycles. The van der Waals surface area contributed by atoms with E-state index in [1.807, 2.05) is 6.07 Å². The van der Waals surface area contributed by atoms with Crippen molar-refractivity contribution in [1.29, 1.82) is 0 Å². The molecule has 1 unspecified atom stereocenters. The minimum atomic E-state index is -1.79. The van der Waals surface area contributed by atoms with Gasteiger partial charge in [-0.3, -0.25) is 4.79 Å². The summed E-state index contributed by atoms with van der Waals surface area (Å²) in [5.41, 5.74) is 2.17. The number of carbonyl (C=O) groups is 1.